The molecular weight excluding hydrogens is 376 g/mol. The fourth-order valence-corrected chi connectivity index (χ4v) is 4.25. The van der Waals surface area contributed by atoms with Crippen LogP contribution in [-0.4, -0.2) is 57.8 Å². The van der Waals surface area contributed by atoms with Gasteiger partial charge in [-0.2, -0.15) is 4.98 Å². The lowest BCUT2D eigenvalue weighted by atomic mass is 10.1. The molecule has 1 saturated heterocycles. The van der Waals surface area contributed by atoms with Gasteiger partial charge in [0.1, 0.15) is 6.10 Å². The Morgan fingerprint density at radius 2 is 2.25 bits per heavy atom. The van der Waals surface area contributed by atoms with Crippen molar-refractivity contribution in [2.45, 2.75) is 23.8 Å². The number of aromatic nitrogens is 3. The molecule has 1 unspecified atom stereocenters. The summed E-state index contributed by atoms with van der Waals surface area (Å²) < 4.78 is 11.0. The SMILES string of the molecule is COc1nccc(OC2CCCN(C(=O)CSc3c[nH]c4ccccc34)C2)n1. The number of nitrogens with zero attached hydrogens (tertiary/aromatic N) is 3. The van der Waals surface area contributed by atoms with Gasteiger partial charge in [-0.25, -0.2) is 4.98 Å². The number of piperidine rings is 1. The quantitative estimate of drug-likeness (QED) is 0.643. The van der Waals surface area contributed by atoms with E-state index in [0.29, 0.717) is 18.2 Å². The fraction of sp³-hybridized carbons (Fsp3) is 0.350. The van der Waals surface area contributed by atoms with Crippen molar-refractivity contribution in [2.24, 2.45) is 0 Å². The molecular formula is C20H22N4O3S. The van der Waals surface area contributed by atoms with Crippen molar-refractivity contribution in [2.75, 3.05) is 26.0 Å². The zero-order valence-corrected chi connectivity index (χ0v) is 16.4. The number of methoxy groups -OCH3 is 1. The van der Waals surface area contributed by atoms with Gasteiger partial charge in [-0.3, -0.25) is 4.79 Å². The van der Waals surface area contributed by atoms with Crippen LogP contribution >= 0.6 is 11.8 Å². The highest BCUT2D eigenvalue weighted by Crippen LogP contribution is 2.28. The molecule has 0 spiro atoms. The second kappa shape index (κ2) is 8.52. The molecule has 3 aromatic rings. The van der Waals surface area contributed by atoms with E-state index in [2.05, 4.69) is 21.0 Å². The number of carbonyl (C=O) groups excluding carboxylic acids is 1. The number of fused-ring (bicyclic) bond motifs is 1. The minimum absolute atomic E-state index is 0.0737. The number of carbonyl (C=O) groups is 1. The number of thioether (sulfide) groups is 1. The molecule has 3 heterocycles. The first kappa shape index (κ1) is 18.6. The van der Waals surface area contributed by atoms with Crippen molar-refractivity contribution in [1.82, 2.24) is 19.9 Å². The van der Waals surface area contributed by atoms with Gasteiger partial charge < -0.3 is 19.4 Å². The van der Waals surface area contributed by atoms with E-state index in [1.807, 2.05) is 29.3 Å². The van der Waals surface area contributed by atoms with Gasteiger partial charge in [0.15, 0.2) is 0 Å². The Morgan fingerprint density at radius 3 is 3.14 bits per heavy atom. The van der Waals surface area contributed by atoms with Gasteiger partial charge in [0.2, 0.25) is 11.8 Å². The maximum atomic E-state index is 12.7. The first-order valence-corrected chi connectivity index (χ1v) is 10.2. The summed E-state index contributed by atoms with van der Waals surface area (Å²) in [5, 5.41) is 1.15. The van der Waals surface area contributed by atoms with Crippen LogP contribution in [0.4, 0.5) is 0 Å². The second-order valence-electron chi connectivity index (χ2n) is 6.59. The molecule has 1 aliphatic heterocycles. The summed E-state index contributed by atoms with van der Waals surface area (Å²) in [6.45, 7) is 1.33. The van der Waals surface area contributed by atoms with Crippen molar-refractivity contribution in [3.8, 4) is 11.9 Å². The predicted octanol–water partition coefficient (Wildman–Crippen LogP) is 3.13. The summed E-state index contributed by atoms with van der Waals surface area (Å²) in [6, 6.07) is 10.1. The van der Waals surface area contributed by atoms with Gasteiger partial charge in [-0.1, -0.05) is 18.2 Å². The number of likely N-dealkylation sites (tertiary alicyclic amines) is 1. The topological polar surface area (TPSA) is 80.3 Å². The number of benzene rings is 1. The van der Waals surface area contributed by atoms with Crippen LogP contribution in [-0.2, 0) is 4.79 Å². The van der Waals surface area contributed by atoms with Gasteiger partial charge in [0, 0.05) is 40.8 Å². The summed E-state index contributed by atoms with van der Waals surface area (Å²) in [4.78, 5) is 27.1. The molecule has 1 amide bonds. The van der Waals surface area contributed by atoms with Gasteiger partial charge in [0.05, 0.1) is 19.4 Å². The Bertz CT molecular complexity index is 961. The molecule has 0 bridgehead atoms. The Kier molecular flexibility index (Phi) is 5.66. The summed E-state index contributed by atoms with van der Waals surface area (Å²) in [5.74, 6) is 1.01. The van der Waals surface area contributed by atoms with Crippen molar-refractivity contribution >= 4 is 28.6 Å². The van der Waals surface area contributed by atoms with E-state index in [9.17, 15) is 4.79 Å². The highest BCUT2D eigenvalue weighted by Gasteiger charge is 2.25. The number of amides is 1. The third kappa shape index (κ3) is 4.22. The normalized spacial score (nSPS) is 16.9. The van der Waals surface area contributed by atoms with E-state index < -0.39 is 0 Å². The minimum atomic E-state index is -0.0737. The summed E-state index contributed by atoms with van der Waals surface area (Å²) in [7, 11) is 1.52. The van der Waals surface area contributed by atoms with Gasteiger partial charge >= 0.3 is 6.01 Å². The van der Waals surface area contributed by atoms with Gasteiger partial charge in [0.25, 0.3) is 0 Å². The Morgan fingerprint density at radius 1 is 1.36 bits per heavy atom. The van der Waals surface area contributed by atoms with Crippen LogP contribution in [0.1, 0.15) is 12.8 Å². The maximum absolute atomic E-state index is 12.7. The molecule has 1 fully saturated rings. The molecule has 0 saturated carbocycles. The number of H-pyrrole nitrogens is 1. The molecule has 2 aromatic heterocycles. The smallest absolute Gasteiger partial charge is 0.319 e. The molecule has 7 nitrogen and oxygen atoms in total. The molecule has 0 aliphatic carbocycles. The maximum Gasteiger partial charge on any atom is 0.319 e. The largest absolute Gasteiger partial charge is 0.472 e. The Labute approximate surface area is 167 Å². The number of nitrogens with one attached hydrogen (secondary N) is 1. The summed E-state index contributed by atoms with van der Waals surface area (Å²) >= 11 is 1.57. The fourth-order valence-electron chi connectivity index (χ4n) is 3.32. The number of para-hydroxylation sites is 1. The lowest BCUT2D eigenvalue weighted by Gasteiger charge is -2.32. The third-order valence-corrected chi connectivity index (χ3v) is 5.75. The van der Waals surface area contributed by atoms with E-state index in [1.165, 1.54) is 7.11 Å². The molecule has 1 aliphatic rings. The van der Waals surface area contributed by atoms with Crippen molar-refractivity contribution in [3.63, 3.8) is 0 Å². The van der Waals surface area contributed by atoms with E-state index in [0.717, 1.165) is 35.2 Å². The first-order chi connectivity index (χ1) is 13.7. The lowest BCUT2D eigenvalue weighted by molar-refractivity contribution is -0.130. The van der Waals surface area contributed by atoms with E-state index >= 15 is 0 Å². The standard InChI is InChI=1S/C20H22N4O3S/c1-26-20-21-9-8-18(23-20)27-14-5-4-10-24(12-14)19(25)13-28-17-11-22-16-7-3-2-6-15(16)17/h2-3,6-9,11,14,22H,4-5,10,12-13H2,1H3. The van der Waals surface area contributed by atoms with Crippen LogP contribution in [0.15, 0.2) is 47.6 Å². The predicted molar refractivity (Wildman–Crippen MR) is 108 cm³/mol. The Hall–Kier alpha value is -2.74. The molecule has 146 valence electrons. The van der Waals surface area contributed by atoms with Crippen molar-refractivity contribution < 1.29 is 14.3 Å². The molecule has 1 atom stereocenters. The number of hydrogen-bond donors (Lipinski definition) is 1. The monoisotopic (exact) mass is 398 g/mol. The highest BCUT2D eigenvalue weighted by molar-refractivity contribution is 8.00. The van der Waals surface area contributed by atoms with E-state index in [4.69, 9.17) is 9.47 Å². The zero-order valence-electron chi connectivity index (χ0n) is 15.6. The molecule has 28 heavy (non-hydrogen) atoms. The number of rotatable bonds is 6. The summed E-state index contributed by atoms with van der Waals surface area (Å²) in [5.41, 5.74) is 1.09. The molecule has 0 radical (unpaired) electrons. The van der Waals surface area contributed by atoms with Crippen molar-refractivity contribution in [1.29, 1.82) is 0 Å². The third-order valence-electron chi connectivity index (χ3n) is 4.71. The minimum Gasteiger partial charge on any atom is -0.472 e. The Balaban J connectivity index is 1.34. The van der Waals surface area contributed by atoms with Gasteiger partial charge in [-0.15, -0.1) is 11.8 Å². The number of ether oxygens (including phenoxy) is 2. The molecule has 1 N–H and O–H groups in total. The van der Waals surface area contributed by atoms with Crippen LogP contribution in [0, 0.1) is 0 Å². The molecule has 4 rings (SSSR count). The molecule has 1 aromatic carbocycles. The first-order valence-electron chi connectivity index (χ1n) is 9.23. The van der Waals surface area contributed by atoms with E-state index in [-0.39, 0.29) is 18.0 Å². The van der Waals surface area contributed by atoms with Crippen LogP contribution in [0.5, 0.6) is 11.9 Å². The second-order valence-corrected chi connectivity index (χ2v) is 7.61. The average Bonchev–Trinajstić information content (AvgIpc) is 3.15. The van der Waals surface area contributed by atoms with E-state index in [1.54, 1.807) is 24.0 Å². The number of aromatic amines is 1. The van der Waals surface area contributed by atoms with Crippen LogP contribution in [0.2, 0.25) is 0 Å². The molecule has 8 heteroatoms. The van der Waals surface area contributed by atoms with Crippen LogP contribution in [0.3, 0.4) is 0 Å². The zero-order chi connectivity index (χ0) is 19.3. The van der Waals surface area contributed by atoms with Crippen LogP contribution < -0.4 is 9.47 Å². The lowest BCUT2D eigenvalue weighted by Crippen LogP contribution is -2.45. The average molecular weight is 398 g/mol. The van der Waals surface area contributed by atoms with Crippen LogP contribution in [0.25, 0.3) is 10.9 Å². The highest BCUT2D eigenvalue weighted by atomic mass is 32.2. The summed E-state index contributed by atoms with van der Waals surface area (Å²) in [6.07, 6.45) is 5.30. The van der Waals surface area contributed by atoms with Gasteiger partial charge in [-0.05, 0) is 18.9 Å². The van der Waals surface area contributed by atoms with Crippen molar-refractivity contribution in [3.05, 3.63) is 42.7 Å². The number of hydrogen-bond acceptors (Lipinski definition) is 6.